The molecule has 0 aromatic heterocycles. The van der Waals surface area contributed by atoms with Crippen molar-refractivity contribution in [3.8, 4) is 0 Å². The predicted molar refractivity (Wildman–Crippen MR) is 42.4 cm³/mol. The summed E-state index contributed by atoms with van der Waals surface area (Å²) in [4.78, 5) is 0. The molecule has 1 heteroatoms. The first-order valence-electron chi connectivity index (χ1n) is 4.43. The maximum absolute atomic E-state index is 6.04. The summed E-state index contributed by atoms with van der Waals surface area (Å²) in [5.74, 6) is 0. The van der Waals surface area contributed by atoms with E-state index in [4.69, 9.17) is 5.73 Å². The van der Waals surface area contributed by atoms with Gasteiger partial charge in [-0.15, -0.1) is 0 Å². The molecule has 2 aliphatic rings. The van der Waals surface area contributed by atoms with Gasteiger partial charge in [0, 0.05) is 6.04 Å². The Kier molecular flexibility index (Phi) is 1.48. The molecule has 0 bridgehead atoms. The van der Waals surface area contributed by atoms with Crippen LogP contribution in [0.1, 0.15) is 38.5 Å². The van der Waals surface area contributed by atoms with Gasteiger partial charge in [-0.1, -0.05) is 12.8 Å². The Hall–Kier alpha value is -0.0400. The van der Waals surface area contributed by atoms with Crippen molar-refractivity contribution in [2.75, 3.05) is 0 Å². The lowest BCUT2D eigenvalue weighted by atomic mass is 9.81. The van der Waals surface area contributed by atoms with E-state index in [9.17, 15) is 0 Å². The molecule has 0 heterocycles. The molecule has 2 N–H and O–H groups in total. The summed E-state index contributed by atoms with van der Waals surface area (Å²) < 4.78 is 0. The molecule has 2 atom stereocenters. The topological polar surface area (TPSA) is 26.0 Å². The van der Waals surface area contributed by atoms with Crippen LogP contribution in [0.4, 0.5) is 0 Å². The van der Waals surface area contributed by atoms with Crippen molar-refractivity contribution in [3.63, 3.8) is 0 Å². The van der Waals surface area contributed by atoms with E-state index in [1.165, 1.54) is 38.5 Å². The van der Waals surface area contributed by atoms with Crippen LogP contribution in [0.25, 0.3) is 0 Å². The molecule has 1 nitrogen and oxygen atoms in total. The highest BCUT2D eigenvalue weighted by Crippen LogP contribution is 2.48. The third kappa shape index (κ3) is 0.800. The van der Waals surface area contributed by atoms with E-state index in [0.29, 0.717) is 11.5 Å². The van der Waals surface area contributed by atoms with E-state index >= 15 is 0 Å². The van der Waals surface area contributed by atoms with Gasteiger partial charge in [0.25, 0.3) is 0 Å². The summed E-state index contributed by atoms with van der Waals surface area (Å²) in [6.45, 7) is 0. The van der Waals surface area contributed by atoms with Gasteiger partial charge in [0.15, 0.2) is 0 Å². The molecular weight excluding hydrogens is 122 g/mol. The minimum absolute atomic E-state index is 0.495. The van der Waals surface area contributed by atoms with Crippen LogP contribution in [0.2, 0.25) is 0 Å². The Morgan fingerprint density at radius 1 is 1.30 bits per heavy atom. The lowest BCUT2D eigenvalue weighted by molar-refractivity contribution is 0.328. The fourth-order valence-electron chi connectivity index (χ4n) is 2.61. The summed E-state index contributed by atoms with van der Waals surface area (Å²) in [6, 6.07) is 0.495. The van der Waals surface area contributed by atoms with Gasteiger partial charge in [0.2, 0.25) is 0 Å². The Morgan fingerprint density at radius 2 is 2.10 bits per heavy atom. The first kappa shape index (κ1) is 6.66. The zero-order chi connectivity index (χ0) is 7.03. The lowest BCUT2D eigenvalue weighted by Gasteiger charge is -2.27. The monoisotopic (exact) mass is 138 g/mol. The van der Waals surface area contributed by atoms with Crippen molar-refractivity contribution in [3.05, 3.63) is 6.42 Å². The van der Waals surface area contributed by atoms with Crippen LogP contribution in [0.3, 0.4) is 0 Å². The van der Waals surface area contributed by atoms with E-state index in [1.54, 1.807) is 0 Å². The molecule has 0 aromatic carbocycles. The van der Waals surface area contributed by atoms with Gasteiger partial charge in [-0.2, -0.15) is 0 Å². The second-order valence-corrected chi connectivity index (χ2v) is 3.83. The van der Waals surface area contributed by atoms with E-state index in [1.807, 2.05) is 0 Å². The predicted octanol–water partition coefficient (Wildman–Crippen LogP) is 1.87. The molecule has 0 amide bonds. The van der Waals surface area contributed by atoms with Crippen LogP contribution < -0.4 is 5.73 Å². The smallest absolute Gasteiger partial charge is 0.00983 e. The molecule has 1 radical (unpaired) electrons. The zero-order valence-corrected chi connectivity index (χ0v) is 6.47. The molecule has 0 aromatic rings. The average Bonchev–Trinajstić information content (AvgIpc) is 2.48. The first-order valence-corrected chi connectivity index (χ1v) is 4.43. The van der Waals surface area contributed by atoms with Crippen molar-refractivity contribution < 1.29 is 0 Å². The Morgan fingerprint density at radius 3 is 2.60 bits per heavy atom. The van der Waals surface area contributed by atoms with E-state index < -0.39 is 0 Å². The molecule has 1 spiro atoms. The number of nitrogens with two attached hydrogens (primary N) is 1. The fourth-order valence-corrected chi connectivity index (χ4v) is 2.61. The lowest BCUT2D eigenvalue weighted by Crippen LogP contribution is -2.34. The summed E-state index contributed by atoms with van der Waals surface area (Å²) in [5, 5.41) is 0. The quantitative estimate of drug-likeness (QED) is 0.543. The minimum atomic E-state index is 0.495. The maximum atomic E-state index is 6.04. The SMILES string of the molecule is NC1CCCC12[CH]CCC2. The van der Waals surface area contributed by atoms with E-state index in [0.717, 1.165) is 0 Å². The number of hydrogen-bond donors (Lipinski definition) is 1. The molecule has 0 saturated heterocycles. The normalized spacial score (nSPS) is 37.5. The highest BCUT2D eigenvalue weighted by atomic mass is 14.7. The first-order chi connectivity index (χ1) is 4.83. The number of hydrogen-bond acceptors (Lipinski definition) is 1. The molecule has 0 aliphatic heterocycles. The summed E-state index contributed by atoms with van der Waals surface area (Å²) in [5.41, 5.74) is 6.54. The van der Waals surface area contributed by atoms with E-state index in [2.05, 4.69) is 6.42 Å². The van der Waals surface area contributed by atoms with Crippen molar-refractivity contribution in [1.82, 2.24) is 0 Å². The average molecular weight is 138 g/mol. The molecule has 10 heavy (non-hydrogen) atoms. The van der Waals surface area contributed by atoms with Gasteiger partial charge in [-0.25, -0.2) is 0 Å². The molecule has 2 unspecified atom stereocenters. The summed E-state index contributed by atoms with van der Waals surface area (Å²) in [6.07, 6.45) is 10.5. The van der Waals surface area contributed by atoms with Gasteiger partial charge in [-0.05, 0) is 37.5 Å². The van der Waals surface area contributed by atoms with Crippen molar-refractivity contribution >= 4 is 0 Å². The van der Waals surface area contributed by atoms with Crippen molar-refractivity contribution in [2.24, 2.45) is 11.1 Å². The highest BCUT2D eigenvalue weighted by molar-refractivity contribution is 5.06. The molecule has 2 fully saturated rings. The Balaban J connectivity index is 2.11. The molecule has 2 saturated carbocycles. The Labute approximate surface area is 63.0 Å². The largest absolute Gasteiger partial charge is 0.327 e. The standard InChI is InChI=1S/C9H16N/c10-8-4-3-7-9(8)5-1-2-6-9/h5,8H,1-4,6-7,10H2. The van der Waals surface area contributed by atoms with Crippen molar-refractivity contribution in [2.45, 2.75) is 44.6 Å². The minimum Gasteiger partial charge on any atom is -0.327 e. The van der Waals surface area contributed by atoms with Crippen LogP contribution in [-0.4, -0.2) is 6.04 Å². The molecule has 57 valence electrons. The van der Waals surface area contributed by atoms with Crippen LogP contribution in [0.5, 0.6) is 0 Å². The maximum Gasteiger partial charge on any atom is 0.00983 e. The summed E-state index contributed by atoms with van der Waals surface area (Å²) in [7, 11) is 0. The Bertz CT molecular complexity index is 119. The zero-order valence-electron chi connectivity index (χ0n) is 6.47. The van der Waals surface area contributed by atoms with Gasteiger partial charge in [0.05, 0.1) is 0 Å². The third-order valence-electron chi connectivity index (χ3n) is 3.29. The fraction of sp³-hybridized carbons (Fsp3) is 0.889. The van der Waals surface area contributed by atoms with Gasteiger partial charge >= 0.3 is 0 Å². The second kappa shape index (κ2) is 2.23. The summed E-state index contributed by atoms with van der Waals surface area (Å²) >= 11 is 0. The van der Waals surface area contributed by atoms with Crippen LogP contribution >= 0.6 is 0 Å². The molecule has 2 rings (SSSR count). The second-order valence-electron chi connectivity index (χ2n) is 3.83. The molecular formula is C9H16N. The molecule has 2 aliphatic carbocycles. The van der Waals surface area contributed by atoms with Crippen LogP contribution in [-0.2, 0) is 0 Å². The van der Waals surface area contributed by atoms with Crippen LogP contribution in [0, 0.1) is 11.8 Å². The van der Waals surface area contributed by atoms with Crippen LogP contribution in [0.15, 0.2) is 0 Å². The van der Waals surface area contributed by atoms with Gasteiger partial charge < -0.3 is 5.73 Å². The van der Waals surface area contributed by atoms with E-state index in [-0.39, 0.29) is 0 Å². The highest BCUT2D eigenvalue weighted by Gasteiger charge is 2.42. The van der Waals surface area contributed by atoms with Gasteiger partial charge in [-0.3, -0.25) is 0 Å². The van der Waals surface area contributed by atoms with Gasteiger partial charge in [0.1, 0.15) is 0 Å². The van der Waals surface area contributed by atoms with Crippen molar-refractivity contribution in [1.29, 1.82) is 0 Å². The number of rotatable bonds is 0. The third-order valence-corrected chi connectivity index (χ3v) is 3.29.